The van der Waals surface area contributed by atoms with E-state index >= 15 is 0 Å². The minimum Gasteiger partial charge on any atom is -0.487 e. The highest BCUT2D eigenvalue weighted by Gasteiger charge is 2.13. The summed E-state index contributed by atoms with van der Waals surface area (Å²) in [6.45, 7) is 11.8. The molecule has 0 spiro atoms. The summed E-state index contributed by atoms with van der Waals surface area (Å²) in [5.74, 6) is 0.0687. The third-order valence-corrected chi connectivity index (χ3v) is 5.04. The average molecular weight is 430 g/mol. The van der Waals surface area contributed by atoms with Crippen LogP contribution in [0.2, 0.25) is 5.02 Å². The molecule has 0 saturated heterocycles. The molecule has 1 amide bonds. The van der Waals surface area contributed by atoms with E-state index in [-0.39, 0.29) is 0 Å². The van der Waals surface area contributed by atoms with Gasteiger partial charge in [0.1, 0.15) is 17.2 Å². The SMILES string of the molecule is C=CC.Cc1cc(OCc2cccc(Cl)c2)c(C(N)=O)s1.Cc1ccccc1C. The predicted molar refractivity (Wildman–Crippen MR) is 125 cm³/mol. The largest absolute Gasteiger partial charge is 0.487 e. The van der Waals surface area contributed by atoms with Crippen molar-refractivity contribution >= 4 is 28.8 Å². The van der Waals surface area contributed by atoms with Crippen LogP contribution >= 0.6 is 22.9 Å². The quantitative estimate of drug-likeness (QED) is 0.459. The normalized spacial score (nSPS) is 9.41. The van der Waals surface area contributed by atoms with Crippen molar-refractivity contribution in [3.8, 4) is 5.75 Å². The Hall–Kier alpha value is -2.56. The fraction of sp³-hybridized carbons (Fsp3) is 0.208. The Bertz CT molecular complexity index is 913. The number of halogens is 1. The molecule has 1 aromatic heterocycles. The van der Waals surface area contributed by atoms with Gasteiger partial charge in [-0.1, -0.05) is 54.1 Å². The van der Waals surface area contributed by atoms with Gasteiger partial charge in [-0.2, -0.15) is 0 Å². The second kappa shape index (κ2) is 12.8. The van der Waals surface area contributed by atoms with Crippen LogP contribution in [0.4, 0.5) is 0 Å². The van der Waals surface area contributed by atoms with Crippen LogP contribution in [0.5, 0.6) is 5.75 Å². The van der Waals surface area contributed by atoms with E-state index in [1.54, 1.807) is 12.1 Å². The standard InChI is InChI=1S/C13H12ClNO2S.C8H10.C3H6/c1-8-5-11(12(18-8)13(15)16)17-7-9-3-2-4-10(14)6-9;1-7-5-3-4-6-8(7)2;1-3-2/h2-6H,7H2,1H3,(H2,15,16);3-6H,1-2H3;3H,1H2,2H3. The lowest BCUT2D eigenvalue weighted by Crippen LogP contribution is -2.10. The van der Waals surface area contributed by atoms with Crippen LogP contribution in [-0.2, 0) is 6.61 Å². The van der Waals surface area contributed by atoms with Crippen molar-refractivity contribution in [3.05, 3.63) is 98.7 Å². The molecule has 2 aromatic carbocycles. The Morgan fingerprint density at radius 2 is 1.69 bits per heavy atom. The molecule has 5 heteroatoms. The fourth-order valence-electron chi connectivity index (χ4n) is 2.22. The molecule has 0 fully saturated rings. The van der Waals surface area contributed by atoms with Gasteiger partial charge in [-0.25, -0.2) is 0 Å². The van der Waals surface area contributed by atoms with E-state index in [0.717, 1.165) is 10.4 Å². The van der Waals surface area contributed by atoms with Crippen LogP contribution in [0.15, 0.2) is 67.3 Å². The summed E-state index contributed by atoms with van der Waals surface area (Å²) in [7, 11) is 0. The van der Waals surface area contributed by atoms with Gasteiger partial charge in [0, 0.05) is 9.90 Å². The summed E-state index contributed by atoms with van der Waals surface area (Å²) < 4.78 is 5.61. The lowest BCUT2D eigenvalue weighted by molar-refractivity contribution is 0.1000. The van der Waals surface area contributed by atoms with Crippen LogP contribution in [0.25, 0.3) is 0 Å². The molecule has 0 atom stereocenters. The van der Waals surface area contributed by atoms with Gasteiger partial charge in [0.15, 0.2) is 0 Å². The molecule has 3 rings (SSSR count). The van der Waals surface area contributed by atoms with E-state index in [0.29, 0.717) is 22.3 Å². The maximum atomic E-state index is 11.2. The molecule has 0 bridgehead atoms. The minimum absolute atomic E-state index is 0.358. The second-order valence-electron chi connectivity index (χ2n) is 6.33. The van der Waals surface area contributed by atoms with E-state index in [9.17, 15) is 4.79 Å². The van der Waals surface area contributed by atoms with E-state index < -0.39 is 5.91 Å². The molecule has 1 heterocycles. The van der Waals surface area contributed by atoms with Crippen molar-refractivity contribution in [1.29, 1.82) is 0 Å². The molecule has 0 aliphatic carbocycles. The Balaban J connectivity index is 0.000000317. The first-order valence-electron chi connectivity index (χ1n) is 9.15. The van der Waals surface area contributed by atoms with E-state index in [4.69, 9.17) is 22.1 Å². The van der Waals surface area contributed by atoms with Crippen LogP contribution in [0.1, 0.15) is 38.2 Å². The van der Waals surface area contributed by atoms with Crippen LogP contribution in [0.3, 0.4) is 0 Å². The first-order valence-corrected chi connectivity index (χ1v) is 10.3. The number of aryl methyl sites for hydroxylation is 3. The molecule has 29 heavy (non-hydrogen) atoms. The average Bonchev–Trinajstić information content (AvgIpc) is 3.05. The monoisotopic (exact) mass is 429 g/mol. The summed E-state index contributed by atoms with van der Waals surface area (Å²) in [5, 5.41) is 0.660. The summed E-state index contributed by atoms with van der Waals surface area (Å²) in [4.78, 5) is 12.7. The van der Waals surface area contributed by atoms with Gasteiger partial charge in [-0.3, -0.25) is 4.79 Å². The molecular weight excluding hydrogens is 402 g/mol. The molecule has 0 radical (unpaired) electrons. The number of rotatable bonds is 4. The summed E-state index contributed by atoms with van der Waals surface area (Å²) >= 11 is 7.22. The van der Waals surface area contributed by atoms with Crippen molar-refractivity contribution in [2.45, 2.75) is 34.3 Å². The van der Waals surface area contributed by atoms with Gasteiger partial charge < -0.3 is 10.5 Å². The van der Waals surface area contributed by atoms with Crippen LogP contribution in [-0.4, -0.2) is 5.91 Å². The Labute approximate surface area is 182 Å². The lowest BCUT2D eigenvalue weighted by Gasteiger charge is -2.06. The van der Waals surface area contributed by atoms with Crippen molar-refractivity contribution in [3.63, 3.8) is 0 Å². The van der Waals surface area contributed by atoms with Gasteiger partial charge in [-0.15, -0.1) is 17.9 Å². The second-order valence-corrected chi connectivity index (χ2v) is 8.02. The summed E-state index contributed by atoms with van der Waals surface area (Å²) in [6, 6.07) is 17.6. The maximum Gasteiger partial charge on any atom is 0.262 e. The minimum atomic E-state index is -0.464. The van der Waals surface area contributed by atoms with Crippen molar-refractivity contribution in [2.75, 3.05) is 0 Å². The third kappa shape index (κ3) is 8.99. The zero-order valence-corrected chi connectivity index (χ0v) is 18.9. The Morgan fingerprint density at radius 3 is 2.17 bits per heavy atom. The number of amides is 1. The highest BCUT2D eigenvalue weighted by atomic mass is 35.5. The highest BCUT2D eigenvalue weighted by molar-refractivity contribution is 7.14. The van der Waals surface area contributed by atoms with E-state index in [2.05, 4.69) is 44.7 Å². The molecule has 154 valence electrons. The van der Waals surface area contributed by atoms with Crippen molar-refractivity contribution < 1.29 is 9.53 Å². The van der Waals surface area contributed by atoms with E-state index in [1.165, 1.54) is 22.5 Å². The maximum absolute atomic E-state index is 11.2. The van der Waals surface area contributed by atoms with E-state index in [1.807, 2.05) is 38.1 Å². The number of hydrogen-bond donors (Lipinski definition) is 1. The number of thiophene rings is 1. The molecule has 0 unspecified atom stereocenters. The number of hydrogen-bond acceptors (Lipinski definition) is 3. The predicted octanol–water partition coefficient (Wildman–Crippen LogP) is 6.88. The number of benzene rings is 2. The van der Waals surface area contributed by atoms with Crippen LogP contribution < -0.4 is 10.5 Å². The van der Waals surface area contributed by atoms with Gasteiger partial charge in [-0.05, 0) is 62.6 Å². The van der Waals surface area contributed by atoms with Gasteiger partial charge >= 0.3 is 0 Å². The molecule has 3 aromatic rings. The van der Waals surface area contributed by atoms with Crippen LogP contribution in [0, 0.1) is 20.8 Å². The lowest BCUT2D eigenvalue weighted by atomic mass is 10.1. The first-order chi connectivity index (χ1) is 13.8. The number of primary amides is 1. The van der Waals surface area contributed by atoms with Gasteiger partial charge in [0.2, 0.25) is 0 Å². The molecule has 3 nitrogen and oxygen atoms in total. The van der Waals surface area contributed by atoms with Crippen molar-refractivity contribution in [1.82, 2.24) is 0 Å². The smallest absolute Gasteiger partial charge is 0.262 e. The Morgan fingerprint density at radius 1 is 1.10 bits per heavy atom. The van der Waals surface area contributed by atoms with Gasteiger partial charge in [0.25, 0.3) is 5.91 Å². The number of nitrogens with two attached hydrogens (primary N) is 1. The summed E-state index contributed by atoms with van der Waals surface area (Å²) in [5.41, 5.74) is 8.97. The molecule has 2 N–H and O–H groups in total. The third-order valence-electron chi connectivity index (χ3n) is 3.75. The van der Waals surface area contributed by atoms with Crippen molar-refractivity contribution in [2.24, 2.45) is 5.73 Å². The fourth-order valence-corrected chi connectivity index (χ4v) is 3.24. The molecule has 0 aliphatic rings. The molecular formula is C24H28ClNO2S. The number of carbonyl (C=O) groups excluding carboxylic acids is 1. The number of allylic oxidation sites excluding steroid dienone is 1. The summed E-state index contributed by atoms with van der Waals surface area (Å²) in [6.07, 6.45) is 1.75. The zero-order chi connectivity index (χ0) is 21.8. The molecule has 0 saturated carbocycles. The number of carbonyl (C=O) groups is 1. The zero-order valence-electron chi connectivity index (χ0n) is 17.4. The van der Waals surface area contributed by atoms with Gasteiger partial charge in [0.05, 0.1) is 0 Å². The first kappa shape index (κ1) is 24.5. The Kier molecular flexibility index (Phi) is 10.8. The number of ether oxygens (including phenoxy) is 1. The molecule has 0 aliphatic heterocycles. The topological polar surface area (TPSA) is 52.3 Å². The highest BCUT2D eigenvalue weighted by Crippen LogP contribution is 2.29.